The second-order valence-corrected chi connectivity index (χ2v) is 4.04. The van der Waals surface area contributed by atoms with Crippen molar-refractivity contribution < 1.29 is 14.3 Å². The van der Waals surface area contributed by atoms with Gasteiger partial charge in [0.1, 0.15) is 6.17 Å². The Labute approximate surface area is 93.5 Å². The van der Waals surface area contributed by atoms with Gasteiger partial charge in [0.05, 0.1) is 5.56 Å². The molecule has 1 heterocycles. The fraction of sp³-hybridized carbons (Fsp3) is 0.417. The lowest BCUT2D eigenvalue weighted by Gasteiger charge is -2.31. The fourth-order valence-electron chi connectivity index (χ4n) is 2.00. The second kappa shape index (κ2) is 4.51. The summed E-state index contributed by atoms with van der Waals surface area (Å²) in [6.45, 7) is 1.16. The lowest BCUT2D eigenvalue weighted by Crippen LogP contribution is -2.36. The number of piperidine rings is 1. The number of anilines is 1. The van der Waals surface area contributed by atoms with Gasteiger partial charge >= 0.3 is 5.97 Å². The van der Waals surface area contributed by atoms with Gasteiger partial charge < -0.3 is 10.0 Å². The summed E-state index contributed by atoms with van der Waals surface area (Å²) in [5, 5.41) is 8.87. The average molecular weight is 223 g/mol. The van der Waals surface area contributed by atoms with E-state index in [1.807, 2.05) is 11.0 Å². The Kier molecular flexibility index (Phi) is 3.08. The third-order valence-electron chi connectivity index (χ3n) is 2.82. The van der Waals surface area contributed by atoms with Crippen molar-refractivity contribution in [2.45, 2.75) is 19.0 Å². The molecule has 3 nitrogen and oxygen atoms in total. The molecule has 0 bridgehead atoms. The smallest absolute Gasteiger partial charge is 0.335 e. The average Bonchev–Trinajstić information content (AvgIpc) is 2.29. The predicted octanol–water partition coefficient (Wildman–Crippen LogP) is 2.32. The highest BCUT2D eigenvalue weighted by Gasteiger charge is 2.19. The number of alkyl halides is 1. The highest BCUT2D eigenvalue weighted by Crippen LogP contribution is 2.22. The minimum absolute atomic E-state index is 0.249. The maximum absolute atomic E-state index is 13.2. The minimum Gasteiger partial charge on any atom is -0.478 e. The predicted molar refractivity (Wildman–Crippen MR) is 59.7 cm³/mol. The van der Waals surface area contributed by atoms with E-state index >= 15 is 0 Å². The van der Waals surface area contributed by atoms with E-state index in [2.05, 4.69) is 0 Å². The van der Waals surface area contributed by atoms with Crippen molar-refractivity contribution in [3.63, 3.8) is 0 Å². The Hall–Kier alpha value is -1.58. The maximum Gasteiger partial charge on any atom is 0.335 e. The molecule has 1 fully saturated rings. The molecule has 0 aromatic heterocycles. The molecule has 1 saturated heterocycles. The zero-order valence-corrected chi connectivity index (χ0v) is 8.90. The molecule has 0 aliphatic carbocycles. The van der Waals surface area contributed by atoms with Gasteiger partial charge in [-0.15, -0.1) is 0 Å². The van der Waals surface area contributed by atoms with E-state index in [4.69, 9.17) is 5.11 Å². The standard InChI is InChI=1S/C12H14FNO2/c13-10-4-2-6-14(8-10)11-5-1-3-9(7-11)12(15)16/h1,3,5,7,10H,2,4,6,8H2,(H,15,16). The van der Waals surface area contributed by atoms with E-state index in [9.17, 15) is 9.18 Å². The van der Waals surface area contributed by atoms with Crippen molar-refractivity contribution in [3.8, 4) is 0 Å². The fourth-order valence-corrected chi connectivity index (χ4v) is 2.00. The van der Waals surface area contributed by atoms with Gasteiger partial charge in [-0.3, -0.25) is 0 Å². The molecule has 1 N–H and O–H groups in total. The third-order valence-corrected chi connectivity index (χ3v) is 2.82. The van der Waals surface area contributed by atoms with Crippen LogP contribution in [0.25, 0.3) is 0 Å². The highest BCUT2D eigenvalue weighted by atomic mass is 19.1. The monoisotopic (exact) mass is 223 g/mol. The van der Waals surface area contributed by atoms with Crippen LogP contribution in [0.15, 0.2) is 24.3 Å². The van der Waals surface area contributed by atoms with Crippen LogP contribution in [-0.4, -0.2) is 30.3 Å². The lowest BCUT2D eigenvalue weighted by molar-refractivity contribution is 0.0697. The van der Waals surface area contributed by atoms with Crippen molar-refractivity contribution >= 4 is 11.7 Å². The van der Waals surface area contributed by atoms with Gasteiger partial charge in [-0.2, -0.15) is 0 Å². The molecule has 0 spiro atoms. The summed E-state index contributed by atoms with van der Waals surface area (Å²) in [7, 11) is 0. The number of benzene rings is 1. The summed E-state index contributed by atoms with van der Waals surface area (Å²) < 4.78 is 13.2. The molecule has 1 aliphatic heterocycles. The number of rotatable bonds is 2. The molecule has 0 amide bonds. The van der Waals surface area contributed by atoms with Gasteiger partial charge in [0.25, 0.3) is 0 Å². The molecule has 1 unspecified atom stereocenters. The van der Waals surface area contributed by atoms with E-state index in [0.717, 1.165) is 18.7 Å². The molecule has 86 valence electrons. The van der Waals surface area contributed by atoms with Gasteiger partial charge in [-0.1, -0.05) is 6.07 Å². The number of carboxylic acids is 1. The molecule has 1 aliphatic rings. The normalized spacial score (nSPS) is 20.8. The van der Waals surface area contributed by atoms with Gasteiger partial charge in [0.15, 0.2) is 0 Å². The molecule has 2 rings (SSSR count). The molecule has 1 aromatic rings. The van der Waals surface area contributed by atoms with E-state index in [1.54, 1.807) is 18.2 Å². The van der Waals surface area contributed by atoms with Crippen molar-refractivity contribution in [2.24, 2.45) is 0 Å². The van der Waals surface area contributed by atoms with Crippen molar-refractivity contribution in [1.29, 1.82) is 0 Å². The molecule has 1 aromatic carbocycles. The van der Waals surface area contributed by atoms with E-state index in [-0.39, 0.29) is 5.56 Å². The number of hydrogen-bond acceptors (Lipinski definition) is 2. The van der Waals surface area contributed by atoms with Gasteiger partial charge in [-0.25, -0.2) is 9.18 Å². The summed E-state index contributed by atoms with van der Waals surface area (Å²) in [6.07, 6.45) is 0.621. The Morgan fingerprint density at radius 3 is 3.00 bits per heavy atom. The first-order valence-electron chi connectivity index (χ1n) is 5.39. The topological polar surface area (TPSA) is 40.5 Å². The highest BCUT2D eigenvalue weighted by molar-refractivity contribution is 5.88. The second-order valence-electron chi connectivity index (χ2n) is 4.04. The van der Waals surface area contributed by atoms with Crippen LogP contribution in [0, 0.1) is 0 Å². The van der Waals surface area contributed by atoms with E-state index in [1.165, 1.54) is 0 Å². The van der Waals surface area contributed by atoms with E-state index in [0.29, 0.717) is 13.0 Å². The van der Waals surface area contributed by atoms with Gasteiger partial charge in [-0.05, 0) is 31.0 Å². The Morgan fingerprint density at radius 1 is 1.50 bits per heavy atom. The first-order valence-corrected chi connectivity index (χ1v) is 5.39. The molecule has 16 heavy (non-hydrogen) atoms. The number of carbonyl (C=O) groups is 1. The third kappa shape index (κ3) is 2.32. The van der Waals surface area contributed by atoms with Crippen LogP contribution in [0.2, 0.25) is 0 Å². The maximum atomic E-state index is 13.2. The summed E-state index contributed by atoms with van der Waals surface area (Å²) in [5.74, 6) is -0.948. The first kappa shape index (κ1) is 10.9. The number of carboxylic acid groups (broad SMARTS) is 1. The van der Waals surface area contributed by atoms with Crippen LogP contribution >= 0.6 is 0 Å². The lowest BCUT2D eigenvalue weighted by atomic mass is 10.1. The molecule has 1 atom stereocenters. The minimum atomic E-state index is -0.948. The molecule has 4 heteroatoms. The van der Waals surface area contributed by atoms with Gasteiger partial charge in [0, 0.05) is 18.8 Å². The van der Waals surface area contributed by atoms with Crippen LogP contribution in [0.5, 0.6) is 0 Å². The van der Waals surface area contributed by atoms with Crippen molar-refractivity contribution in [1.82, 2.24) is 0 Å². The van der Waals surface area contributed by atoms with Gasteiger partial charge in [0.2, 0.25) is 0 Å². The molecule has 0 saturated carbocycles. The number of nitrogens with zero attached hydrogens (tertiary/aromatic N) is 1. The molecule has 0 radical (unpaired) electrons. The number of hydrogen-bond donors (Lipinski definition) is 1. The Morgan fingerprint density at radius 2 is 2.31 bits per heavy atom. The summed E-state index contributed by atoms with van der Waals surface area (Å²) >= 11 is 0. The summed E-state index contributed by atoms with van der Waals surface area (Å²) in [5.41, 5.74) is 1.04. The largest absolute Gasteiger partial charge is 0.478 e. The summed E-state index contributed by atoms with van der Waals surface area (Å²) in [6, 6.07) is 6.66. The van der Waals surface area contributed by atoms with Crippen molar-refractivity contribution in [3.05, 3.63) is 29.8 Å². The number of aromatic carboxylic acids is 1. The van der Waals surface area contributed by atoms with Crippen LogP contribution in [-0.2, 0) is 0 Å². The van der Waals surface area contributed by atoms with Crippen molar-refractivity contribution in [2.75, 3.05) is 18.0 Å². The van der Waals surface area contributed by atoms with Crippen LogP contribution < -0.4 is 4.90 Å². The quantitative estimate of drug-likeness (QED) is 0.836. The zero-order valence-electron chi connectivity index (χ0n) is 8.90. The SMILES string of the molecule is O=C(O)c1cccc(N2CCCC(F)C2)c1. The zero-order chi connectivity index (χ0) is 11.5. The Bertz CT molecular complexity index is 394. The number of halogens is 1. The summed E-state index contributed by atoms with van der Waals surface area (Å²) in [4.78, 5) is 12.7. The first-order chi connectivity index (χ1) is 7.66. The van der Waals surface area contributed by atoms with Crippen LogP contribution in [0.1, 0.15) is 23.2 Å². The van der Waals surface area contributed by atoms with Crippen LogP contribution in [0.4, 0.5) is 10.1 Å². The molecular formula is C12H14FNO2. The Balaban J connectivity index is 2.19. The molecular weight excluding hydrogens is 209 g/mol. The van der Waals surface area contributed by atoms with E-state index < -0.39 is 12.1 Å². The van der Waals surface area contributed by atoms with Crippen LogP contribution in [0.3, 0.4) is 0 Å².